The van der Waals surface area contributed by atoms with Crippen molar-refractivity contribution in [1.82, 2.24) is 10.6 Å². The molecule has 0 aromatic carbocycles. The summed E-state index contributed by atoms with van der Waals surface area (Å²) in [6.07, 6.45) is 0.445. The predicted octanol–water partition coefficient (Wildman–Crippen LogP) is -0.899. The molecule has 0 saturated carbocycles. The minimum absolute atomic E-state index is 0.0217. The first-order valence-electron chi connectivity index (χ1n) is 4.99. The number of urea groups is 1. The smallest absolute Gasteiger partial charge is 0.327 e. The molecule has 0 spiro atoms. The zero-order chi connectivity index (χ0) is 14.1. The summed E-state index contributed by atoms with van der Waals surface area (Å²) in [6, 6.07) is -3.40. The predicted molar refractivity (Wildman–Crippen MR) is 63.7 cm³/mol. The van der Waals surface area contributed by atoms with Crippen LogP contribution in [-0.4, -0.2) is 52.3 Å². The Bertz CT molecular complexity index is 335. The highest BCUT2D eigenvalue weighted by Crippen LogP contribution is 1.96. The van der Waals surface area contributed by atoms with E-state index in [1.54, 1.807) is 0 Å². The van der Waals surface area contributed by atoms with Gasteiger partial charge in [0.05, 0.1) is 0 Å². The van der Waals surface area contributed by atoms with Gasteiger partial charge in [-0.05, 0) is 6.42 Å². The van der Waals surface area contributed by atoms with Crippen molar-refractivity contribution >= 4 is 36.9 Å². The van der Waals surface area contributed by atoms with E-state index < -0.39 is 30.1 Å². The molecular formula is C9H14N2O6S. The molecule has 0 radical (unpaired) electrons. The first kappa shape index (κ1) is 16.2. The number of amides is 2. The average Bonchev–Trinajstić information content (AvgIpc) is 2.30. The van der Waals surface area contributed by atoms with Crippen LogP contribution >= 0.6 is 12.6 Å². The zero-order valence-corrected chi connectivity index (χ0v) is 10.2. The van der Waals surface area contributed by atoms with Crippen LogP contribution < -0.4 is 10.6 Å². The second kappa shape index (κ2) is 8.34. The molecule has 0 rings (SSSR count). The maximum Gasteiger partial charge on any atom is 0.327 e. The summed E-state index contributed by atoms with van der Waals surface area (Å²) in [5, 5.41) is 21.5. The standard InChI is InChI=1S/C9H14N2O6S/c12-3-1-2-5(7(13)14)10-9(17)11-6(4-18)8(15)16/h3,5-6,18H,1-2,4H2,(H,13,14)(H,15,16)(H2,10,11,17)/t5-,6-/m0/s1. The van der Waals surface area contributed by atoms with Gasteiger partial charge in [-0.15, -0.1) is 0 Å². The molecule has 0 unspecified atom stereocenters. The molecule has 0 aliphatic carbocycles. The van der Waals surface area contributed by atoms with Crippen molar-refractivity contribution in [2.45, 2.75) is 24.9 Å². The number of carbonyl (C=O) groups is 4. The third-order valence-corrected chi connectivity index (χ3v) is 2.33. The summed E-state index contributed by atoms with van der Waals surface area (Å²) in [5.41, 5.74) is 0. The lowest BCUT2D eigenvalue weighted by Gasteiger charge is -2.16. The van der Waals surface area contributed by atoms with Crippen LogP contribution in [0.5, 0.6) is 0 Å². The van der Waals surface area contributed by atoms with Crippen molar-refractivity contribution in [3.63, 3.8) is 0 Å². The Labute approximate surface area is 108 Å². The Morgan fingerprint density at radius 3 is 2.00 bits per heavy atom. The Morgan fingerprint density at radius 2 is 1.61 bits per heavy atom. The maximum absolute atomic E-state index is 11.3. The molecule has 102 valence electrons. The molecular weight excluding hydrogens is 264 g/mol. The fourth-order valence-electron chi connectivity index (χ4n) is 1.04. The summed E-state index contributed by atoms with van der Waals surface area (Å²) in [6.45, 7) is 0. The van der Waals surface area contributed by atoms with E-state index in [1.165, 1.54) is 0 Å². The molecule has 9 heteroatoms. The molecule has 4 N–H and O–H groups in total. The van der Waals surface area contributed by atoms with Crippen LogP contribution in [0.4, 0.5) is 4.79 Å². The van der Waals surface area contributed by atoms with E-state index in [1.807, 2.05) is 0 Å². The van der Waals surface area contributed by atoms with E-state index in [9.17, 15) is 19.2 Å². The molecule has 2 atom stereocenters. The SMILES string of the molecule is O=CCC[C@H](NC(=O)N[C@@H](CS)C(=O)O)C(=O)O. The molecule has 0 aromatic rings. The van der Waals surface area contributed by atoms with Crippen molar-refractivity contribution in [1.29, 1.82) is 0 Å². The molecule has 0 bridgehead atoms. The summed E-state index contributed by atoms with van der Waals surface area (Å²) in [7, 11) is 0. The summed E-state index contributed by atoms with van der Waals surface area (Å²) in [5.74, 6) is -2.71. The highest BCUT2D eigenvalue weighted by atomic mass is 32.1. The van der Waals surface area contributed by atoms with E-state index in [4.69, 9.17) is 10.2 Å². The minimum Gasteiger partial charge on any atom is -0.480 e. The number of hydrogen-bond acceptors (Lipinski definition) is 5. The second-order valence-corrected chi connectivity index (χ2v) is 3.69. The van der Waals surface area contributed by atoms with E-state index in [0.717, 1.165) is 0 Å². The van der Waals surface area contributed by atoms with Gasteiger partial charge in [0.1, 0.15) is 18.4 Å². The largest absolute Gasteiger partial charge is 0.480 e. The number of carbonyl (C=O) groups excluding carboxylic acids is 2. The quantitative estimate of drug-likeness (QED) is 0.289. The summed E-state index contributed by atoms with van der Waals surface area (Å²) < 4.78 is 0. The molecule has 2 amide bonds. The minimum atomic E-state index is -1.30. The Hall–Kier alpha value is -1.77. The lowest BCUT2D eigenvalue weighted by Crippen LogP contribution is -2.51. The normalized spacial score (nSPS) is 13.2. The number of carboxylic acid groups (broad SMARTS) is 2. The van der Waals surface area contributed by atoms with Crippen LogP contribution in [0.25, 0.3) is 0 Å². The molecule has 0 saturated heterocycles. The van der Waals surface area contributed by atoms with Gasteiger partial charge in [0, 0.05) is 12.2 Å². The monoisotopic (exact) mass is 278 g/mol. The fourth-order valence-corrected chi connectivity index (χ4v) is 1.28. The van der Waals surface area contributed by atoms with Gasteiger partial charge in [0.15, 0.2) is 0 Å². The molecule has 18 heavy (non-hydrogen) atoms. The number of rotatable bonds is 8. The highest BCUT2D eigenvalue weighted by Gasteiger charge is 2.23. The Kier molecular flexibility index (Phi) is 7.52. The number of thiol groups is 1. The number of aldehydes is 1. The van der Waals surface area contributed by atoms with Crippen LogP contribution in [0.1, 0.15) is 12.8 Å². The molecule has 0 aliphatic heterocycles. The van der Waals surface area contributed by atoms with Gasteiger partial charge in [0.2, 0.25) is 0 Å². The van der Waals surface area contributed by atoms with Crippen LogP contribution in [0.3, 0.4) is 0 Å². The molecule has 0 heterocycles. The molecule has 8 nitrogen and oxygen atoms in total. The zero-order valence-electron chi connectivity index (χ0n) is 9.33. The number of nitrogens with one attached hydrogen (secondary N) is 2. The maximum atomic E-state index is 11.3. The first-order valence-corrected chi connectivity index (χ1v) is 5.62. The Balaban J connectivity index is 4.36. The van der Waals surface area contributed by atoms with Gasteiger partial charge < -0.3 is 25.6 Å². The number of carboxylic acids is 2. The van der Waals surface area contributed by atoms with Crippen molar-refractivity contribution < 1.29 is 29.4 Å². The lowest BCUT2D eigenvalue weighted by atomic mass is 10.2. The van der Waals surface area contributed by atoms with Crippen molar-refractivity contribution in [3.8, 4) is 0 Å². The van der Waals surface area contributed by atoms with Crippen LogP contribution in [0.2, 0.25) is 0 Å². The van der Waals surface area contributed by atoms with Gasteiger partial charge in [-0.3, -0.25) is 0 Å². The topological polar surface area (TPSA) is 133 Å². The van der Waals surface area contributed by atoms with Gasteiger partial charge in [-0.2, -0.15) is 12.6 Å². The van der Waals surface area contributed by atoms with Crippen molar-refractivity contribution in [3.05, 3.63) is 0 Å². The van der Waals surface area contributed by atoms with E-state index >= 15 is 0 Å². The van der Waals surface area contributed by atoms with Crippen LogP contribution in [-0.2, 0) is 14.4 Å². The second-order valence-electron chi connectivity index (χ2n) is 3.33. The van der Waals surface area contributed by atoms with Gasteiger partial charge in [-0.25, -0.2) is 14.4 Å². The lowest BCUT2D eigenvalue weighted by molar-refractivity contribution is -0.139. The van der Waals surface area contributed by atoms with Gasteiger partial charge in [0.25, 0.3) is 0 Å². The average molecular weight is 278 g/mol. The third kappa shape index (κ3) is 6.09. The molecule has 0 fully saturated rings. The van der Waals surface area contributed by atoms with Crippen LogP contribution in [0.15, 0.2) is 0 Å². The number of aliphatic carboxylic acids is 2. The van der Waals surface area contributed by atoms with Gasteiger partial charge >= 0.3 is 18.0 Å². The number of hydrogen-bond donors (Lipinski definition) is 5. The van der Waals surface area contributed by atoms with E-state index in [-0.39, 0.29) is 18.6 Å². The fraction of sp³-hybridized carbons (Fsp3) is 0.556. The summed E-state index contributed by atoms with van der Waals surface area (Å²) >= 11 is 3.73. The molecule has 0 aromatic heterocycles. The molecule has 0 aliphatic rings. The van der Waals surface area contributed by atoms with E-state index in [0.29, 0.717) is 6.29 Å². The van der Waals surface area contributed by atoms with Gasteiger partial charge in [-0.1, -0.05) is 0 Å². The highest BCUT2D eigenvalue weighted by molar-refractivity contribution is 7.80. The third-order valence-electron chi connectivity index (χ3n) is 1.96. The van der Waals surface area contributed by atoms with Crippen molar-refractivity contribution in [2.24, 2.45) is 0 Å². The summed E-state index contributed by atoms with van der Waals surface area (Å²) in [4.78, 5) is 42.8. The first-order chi connectivity index (χ1) is 8.42. The van der Waals surface area contributed by atoms with E-state index in [2.05, 4.69) is 23.3 Å². The Morgan fingerprint density at radius 1 is 1.11 bits per heavy atom. The van der Waals surface area contributed by atoms with Crippen molar-refractivity contribution in [2.75, 3.05) is 5.75 Å². The van der Waals surface area contributed by atoms with Crippen LogP contribution in [0, 0.1) is 0 Å².